The first kappa shape index (κ1) is 11.9. The Morgan fingerprint density at radius 1 is 1.05 bits per heavy atom. The van der Waals surface area contributed by atoms with Gasteiger partial charge in [0.25, 0.3) is 11.8 Å². The molecule has 0 fully saturated rings. The van der Waals surface area contributed by atoms with Crippen LogP contribution in [0.2, 0.25) is 0 Å². The Bertz CT molecular complexity index is 640. The number of aliphatic hydroxyl groups excluding tert-OH is 1. The minimum absolute atomic E-state index is 0.0163. The zero-order valence-corrected chi connectivity index (χ0v) is 10.5. The van der Waals surface area contributed by atoms with Crippen molar-refractivity contribution >= 4 is 22.6 Å². The van der Waals surface area contributed by atoms with Crippen LogP contribution in [0.5, 0.6) is 0 Å². The van der Waals surface area contributed by atoms with Crippen molar-refractivity contribution in [3.05, 3.63) is 47.5 Å². The lowest BCUT2D eigenvalue weighted by atomic mass is 9.94. The van der Waals surface area contributed by atoms with Gasteiger partial charge in [-0.25, -0.2) is 0 Å². The Labute approximate surface area is 110 Å². The number of hydrogen-bond donors (Lipinski definition) is 1. The summed E-state index contributed by atoms with van der Waals surface area (Å²) in [5.41, 5.74) is 1.04. The molecular formula is C15H13NO3. The molecule has 0 unspecified atom stereocenters. The third-order valence-electron chi connectivity index (χ3n) is 3.30. The predicted molar refractivity (Wildman–Crippen MR) is 71.0 cm³/mol. The van der Waals surface area contributed by atoms with Crippen molar-refractivity contribution in [3.8, 4) is 0 Å². The molecule has 1 aliphatic heterocycles. The molecule has 2 amide bonds. The van der Waals surface area contributed by atoms with Crippen molar-refractivity contribution < 1.29 is 14.7 Å². The Balaban J connectivity index is 2.25. The summed E-state index contributed by atoms with van der Waals surface area (Å²) in [6.07, 6.45) is -0.739. The second-order valence-electron chi connectivity index (χ2n) is 4.78. The molecule has 0 saturated heterocycles. The van der Waals surface area contributed by atoms with Crippen LogP contribution in [0.25, 0.3) is 10.8 Å². The summed E-state index contributed by atoms with van der Waals surface area (Å²) < 4.78 is 0. The van der Waals surface area contributed by atoms with E-state index in [1.807, 2.05) is 12.1 Å². The maximum Gasteiger partial charge on any atom is 0.261 e. The van der Waals surface area contributed by atoms with E-state index in [0.29, 0.717) is 16.5 Å². The number of carbonyl (C=O) groups excluding carboxylic acids is 2. The van der Waals surface area contributed by atoms with E-state index < -0.39 is 6.10 Å². The number of β-amino-alcohol motifs (C(OH)–C–C–N with tert-alkyl or cyclic N) is 1. The van der Waals surface area contributed by atoms with E-state index >= 15 is 0 Å². The first-order valence-electron chi connectivity index (χ1n) is 6.15. The maximum absolute atomic E-state index is 12.3. The van der Waals surface area contributed by atoms with Gasteiger partial charge in [0.05, 0.1) is 12.6 Å². The number of imide groups is 1. The largest absolute Gasteiger partial charge is 0.392 e. The molecule has 3 rings (SSSR count). The van der Waals surface area contributed by atoms with Crippen LogP contribution in [0.4, 0.5) is 0 Å². The Morgan fingerprint density at radius 2 is 1.58 bits per heavy atom. The van der Waals surface area contributed by atoms with E-state index in [2.05, 4.69) is 0 Å². The number of carbonyl (C=O) groups is 2. The van der Waals surface area contributed by atoms with Crippen molar-refractivity contribution in [1.29, 1.82) is 0 Å². The lowest BCUT2D eigenvalue weighted by Gasteiger charge is -2.27. The number of rotatable bonds is 2. The maximum atomic E-state index is 12.3. The van der Waals surface area contributed by atoms with Crippen molar-refractivity contribution in [1.82, 2.24) is 4.90 Å². The van der Waals surface area contributed by atoms with Gasteiger partial charge >= 0.3 is 0 Å². The summed E-state index contributed by atoms with van der Waals surface area (Å²) >= 11 is 0. The molecule has 1 aliphatic rings. The average Bonchev–Trinajstić information content (AvgIpc) is 2.40. The lowest BCUT2D eigenvalue weighted by Crippen LogP contribution is -2.43. The van der Waals surface area contributed by atoms with Gasteiger partial charge in [0.1, 0.15) is 0 Å². The molecule has 0 aliphatic carbocycles. The monoisotopic (exact) mass is 255 g/mol. The van der Waals surface area contributed by atoms with Crippen molar-refractivity contribution in [2.45, 2.75) is 13.0 Å². The van der Waals surface area contributed by atoms with Gasteiger partial charge < -0.3 is 5.11 Å². The highest BCUT2D eigenvalue weighted by Crippen LogP contribution is 2.29. The molecule has 4 heteroatoms. The molecule has 0 spiro atoms. The smallest absolute Gasteiger partial charge is 0.261 e. The zero-order valence-electron chi connectivity index (χ0n) is 10.5. The Kier molecular flexibility index (Phi) is 2.61. The highest BCUT2D eigenvalue weighted by atomic mass is 16.3. The van der Waals surface area contributed by atoms with Crippen LogP contribution in [0.3, 0.4) is 0 Å². The Hall–Kier alpha value is -2.20. The molecule has 4 nitrogen and oxygen atoms in total. The molecule has 2 aromatic rings. The summed E-state index contributed by atoms with van der Waals surface area (Å²) in [6.45, 7) is 1.57. The second kappa shape index (κ2) is 4.17. The quantitative estimate of drug-likeness (QED) is 0.833. The van der Waals surface area contributed by atoms with Crippen LogP contribution in [0.15, 0.2) is 36.4 Å². The van der Waals surface area contributed by atoms with Crippen LogP contribution >= 0.6 is 0 Å². The molecule has 96 valence electrons. The summed E-state index contributed by atoms with van der Waals surface area (Å²) in [6, 6.07) is 10.8. The number of benzene rings is 2. The van der Waals surface area contributed by atoms with Crippen LogP contribution in [-0.4, -0.2) is 34.5 Å². The van der Waals surface area contributed by atoms with Crippen molar-refractivity contribution in [2.24, 2.45) is 0 Å². The molecule has 0 saturated carbocycles. The minimum Gasteiger partial charge on any atom is -0.392 e. The normalized spacial score (nSPS) is 16.0. The zero-order chi connectivity index (χ0) is 13.6. The fourth-order valence-electron chi connectivity index (χ4n) is 2.51. The number of hydrogen-bond acceptors (Lipinski definition) is 3. The van der Waals surface area contributed by atoms with E-state index in [-0.39, 0.29) is 18.4 Å². The molecule has 0 radical (unpaired) electrons. The third-order valence-corrected chi connectivity index (χ3v) is 3.30. The first-order valence-corrected chi connectivity index (χ1v) is 6.15. The van der Waals surface area contributed by atoms with Gasteiger partial charge in [0, 0.05) is 16.5 Å². The van der Waals surface area contributed by atoms with Gasteiger partial charge in [-0.3, -0.25) is 14.5 Å². The van der Waals surface area contributed by atoms with Crippen molar-refractivity contribution in [2.75, 3.05) is 6.54 Å². The number of aliphatic hydroxyl groups is 1. The second-order valence-corrected chi connectivity index (χ2v) is 4.78. The highest BCUT2D eigenvalue weighted by molar-refractivity contribution is 6.25. The fourth-order valence-corrected chi connectivity index (χ4v) is 2.51. The molecule has 2 aromatic carbocycles. The topological polar surface area (TPSA) is 57.6 Å². The van der Waals surface area contributed by atoms with Gasteiger partial charge in [-0.1, -0.05) is 24.3 Å². The van der Waals surface area contributed by atoms with Gasteiger partial charge in [0.15, 0.2) is 0 Å². The van der Waals surface area contributed by atoms with Gasteiger partial charge in [0.2, 0.25) is 0 Å². The first-order chi connectivity index (χ1) is 9.09. The minimum atomic E-state index is -0.739. The van der Waals surface area contributed by atoms with E-state index in [9.17, 15) is 14.7 Å². The summed E-state index contributed by atoms with van der Waals surface area (Å²) in [5.74, 6) is -0.676. The van der Waals surface area contributed by atoms with E-state index in [4.69, 9.17) is 0 Å². The van der Waals surface area contributed by atoms with Gasteiger partial charge in [-0.2, -0.15) is 0 Å². The molecule has 19 heavy (non-hydrogen) atoms. The van der Waals surface area contributed by atoms with Crippen LogP contribution in [0, 0.1) is 0 Å². The van der Waals surface area contributed by atoms with Gasteiger partial charge in [-0.15, -0.1) is 0 Å². The molecule has 1 N–H and O–H groups in total. The van der Waals surface area contributed by atoms with Crippen LogP contribution < -0.4 is 0 Å². The van der Waals surface area contributed by atoms with E-state index in [0.717, 1.165) is 10.3 Å². The van der Waals surface area contributed by atoms with Crippen LogP contribution in [0.1, 0.15) is 27.6 Å². The van der Waals surface area contributed by atoms with Gasteiger partial charge in [-0.05, 0) is 24.4 Å². The standard InChI is InChI=1S/C15H13NO3/c1-9(17)8-16-14(18)11-6-2-4-10-5-3-7-12(13(10)11)15(16)19/h2-7,9,17H,8H2,1H3/t9-/m0/s1. The average molecular weight is 255 g/mol. The SMILES string of the molecule is C[C@H](O)CN1C(=O)c2cccc3cccc(c23)C1=O. The predicted octanol–water partition coefficient (Wildman–Crippen LogP) is 1.82. The number of amides is 2. The Morgan fingerprint density at radius 3 is 2.05 bits per heavy atom. The van der Waals surface area contributed by atoms with E-state index in [1.54, 1.807) is 31.2 Å². The van der Waals surface area contributed by atoms with E-state index in [1.165, 1.54) is 0 Å². The molecule has 1 heterocycles. The summed E-state index contributed by atoms with van der Waals surface area (Å²) in [5, 5.41) is 11.0. The fraction of sp³-hybridized carbons (Fsp3) is 0.200. The molecular weight excluding hydrogens is 242 g/mol. The lowest BCUT2D eigenvalue weighted by molar-refractivity contribution is 0.0520. The number of nitrogens with zero attached hydrogens (tertiary/aromatic N) is 1. The molecule has 0 aromatic heterocycles. The highest BCUT2D eigenvalue weighted by Gasteiger charge is 2.32. The summed E-state index contributed by atoms with van der Waals surface area (Å²) in [4.78, 5) is 25.8. The van der Waals surface area contributed by atoms with Crippen LogP contribution in [-0.2, 0) is 0 Å². The molecule has 0 bridgehead atoms. The van der Waals surface area contributed by atoms with Crippen molar-refractivity contribution in [3.63, 3.8) is 0 Å². The molecule has 1 atom stereocenters. The third kappa shape index (κ3) is 1.72. The summed E-state index contributed by atoms with van der Waals surface area (Å²) in [7, 11) is 0.